The summed E-state index contributed by atoms with van der Waals surface area (Å²) in [6.07, 6.45) is 2.20. The third-order valence-corrected chi connectivity index (χ3v) is 3.53. The number of aromatic nitrogens is 3. The molecule has 2 aromatic heterocycles. The van der Waals surface area contributed by atoms with Crippen LogP contribution >= 0.6 is 0 Å². The molecule has 1 fully saturated rings. The van der Waals surface area contributed by atoms with Crippen LogP contribution in [0.4, 0.5) is 5.95 Å². The van der Waals surface area contributed by atoms with Gasteiger partial charge in [0.2, 0.25) is 5.95 Å². The number of hydrogen-bond donors (Lipinski definition) is 1. The van der Waals surface area contributed by atoms with Crippen molar-refractivity contribution in [1.29, 1.82) is 0 Å². The molecule has 0 aromatic carbocycles. The Morgan fingerprint density at radius 2 is 2.22 bits per heavy atom. The Bertz CT molecular complexity index is 578. The van der Waals surface area contributed by atoms with Crippen LogP contribution in [-0.4, -0.2) is 27.2 Å². The van der Waals surface area contributed by atoms with Crippen LogP contribution in [0.3, 0.4) is 0 Å². The summed E-state index contributed by atoms with van der Waals surface area (Å²) < 4.78 is 7.66. The minimum atomic E-state index is 0.269. The van der Waals surface area contributed by atoms with Crippen molar-refractivity contribution in [2.45, 2.75) is 38.8 Å². The quantitative estimate of drug-likeness (QED) is 0.836. The molecule has 2 unspecified atom stereocenters. The molecule has 3 rings (SSSR count). The molecule has 2 N–H and O–H groups in total. The molecule has 2 aromatic rings. The van der Waals surface area contributed by atoms with Gasteiger partial charge in [0.1, 0.15) is 5.52 Å². The van der Waals surface area contributed by atoms with E-state index in [0.29, 0.717) is 12.0 Å². The summed E-state index contributed by atoms with van der Waals surface area (Å²) in [6, 6.07) is 4.28. The predicted molar refractivity (Wildman–Crippen MR) is 70.4 cm³/mol. The van der Waals surface area contributed by atoms with E-state index in [-0.39, 0.29) is 6.10 Å². The molecule has 96 valence electrons. The van der Waals surface area contributed by atoms with Crippen LogP contribution < -0.4 is 5.73 Å². The highest BCUT2D eigenvalue weighted by molar-refractivity contribution is 5.74. The highest BCUT2D eigenvalue weighted by Crippen LogP contribution is 2.30. The summed E-state index contributed by atoms with van der Waals surface area (Å²) in [5, 5.41) is 0. The van der Waals surface area contributed by atoms with Crippen LogP contribution in [0.15, 0.2) is 12.1 Å². The molecule has 0 amide bonds. The lowest BCUT2D eigenvalue weighted by Crippen LogP contribution is -2.26. The van der Waals surface area contributed by atoms with Crippen molar-refractivity contribution >= 4 is 17.1 Å². The number of nitrogens with two attached hydrogens (primary N) is 1. The van der Waals surface area contributed by atoms with Crippen molar-refractivity contribution in [3.8, 4) is 0 Å². The van der Waals surface area contributed by atoms with Crippen LogP contribution in [0, 0.1) is 6.92 Å². The number of anilines is 1. The number of nitrogen functional groups attached to an aromatic ring is 1. The van der Waals surface area contributed by atoms with E-state index >= 15 is 0 Å². The molecule has 1 aliphatic heterocycles. The van der Waals surface area contributed by atoms with Crippen LogP contribution in [0.2, 0.25) is 0 Å². The average Bonchev–Trinajstić information content (AvgIpc) is 2.64. The maximum atomic E-state index is 6.05. The highest BCUT2D eigenvalue weighted by Gasteiger charge is 2.24. The first-order valence-electron chi connectivity index (χ1n) is 6.38. The Hall–Kier alpha value is -1.62. The summed E-state index contributed by atoms with van der Waals surface area (Å²) in [7, 11) is 0. The van der Waals surface area contributed by atoms with Gasteiger partial charge in [0.15, 0.2) is 5.65 Å². The smallest absolute Gasteiger partial charge is 0.202 e. The third-order valence-electron chi connectivity index (χ3n) is 3.53. The monoisotopic (exact) mass is 246 g/mol. The molecule has 1 aliphatic rings. The average molecular weight is 246 g/mol. The van der Waals surface area contributed by atoms with Crippen LogP contribution in [0.25, 0.3) is 11.2 Å². The molecular formula is C13H18N4O. The minimum Gasteiger partial charge on any atom is -0.378 e. The predicted octanol–water partition coefficient (Wildman–Crippen LogP) is 2.06. The number of ether oxygens (including phenoxy) is 1. The largest absolute Gasteiger partial charge is 0.378 e. The second-order valence-electron chi connectivity index (χ2n) is 4.99. The van der Waals surface area contributed by atoms with E-state index in [1.165, 1.54) is 0 Å². The molecule has 0 spiro atoms. The summed E-state index contributed by atoms with van der Waals surface area (Å²) in [6.45, 7) is 4.86. The van der Waals surface area contributed by atoms with Gasteiger partial charge in [0.25, 0.3) is 0 Å². The minimum absolute atomic E-state index is 0.269. The van der Waals surface area contributed by atoms with E-state index < -0.39 is 0 Å². The SMILES string of the molecule is Cc1ccc2nc(N)n(C3CCOC(C)C3)c2n1. The van der Waals surface area contributed by atoms with Crippen molar-refractivity contribution in [3.05, 3.63) is 17.8 Å². The van der Waals surface area contributed by atoms with Crippen molar-refractivity contribution in [3.63, 3.8) is 0 Å². The number of pyridine rings is 1. The van der Waals surface area contributed by atoms with E-state index in [9.17, 15) is 0 Å². The lowest BCUT2D eigenvalue weighted by Gasteiger charge is -2.28. The first-order chi connectivity index (χ1) is 8.65. The van der Waals surface area contributed by atoms with Crippen LogP contribution in [0.1, 0.15) is 31.5 Å². The maximum Gasteiger partial charge on any atom is 0.202 e. The van der Waals surface area contributed by atoms with Crippen molar-refractivity contribution in [2.75, 3.05) is 12.3 Å². The standard InChI is InChI=1S/C13H18N4O/c1-8-3-4-11-12(15-8)17(13(14)16-11)10-5-6-18-9(2)7-10/h3-4,9-10H,5-7H2,1-2H3,(H2,14,16). The maximum absolute atomic E-state index is 6.05. The number of rotatable bonds is 1. The lowest BCUT2D eigenvalue weighted by molar-refractivity contribution is 0.00704. The molecule has 1 saturated heterocycles. The van der Waals surface area contributed by atoms with Crippen molar-refractivity contribution < 1.29 is 4.74 Å². The number of imidazole rings is 1. The molecular weight excluding hydrogens is 228 g/mol. The highest BCUT2D eigenvalue weighted by atomic mass is 16.5. The first kappa shape index (κ1) is 11.5. The number of fused-ring (bicyclic) bond motifs is 1. The fraction of sp³-hybridized carbons (Fsp3) is 0.538. The fourth-order valence-corrected chi connectivity index (χ4v) is 2.65. The molecule has 0 radical (unpaired) electrons. The van der Waals surface area contributed by atoms with E-state index in [1.807, 2.05) is 19.1 Å². The lowest BCUT2D eigenvalue weighted by atomic mass is 10.0. The van der Waals surface area contributed by atoms with Gasteiger partial charge in [-0.2, -0.15) is 0 Å². The number of hydrogen-bond acceptors (Lipinski definition) is 4. The van der Waals surface area contributed by atoms with Gasteiger partial charge in [0.05, 0.1) is 6.10 Å². The molecule has 0 saturated carbocycles. The Morgan fingerprint density at radius 3 is 3.00 bits per heavy atom. The van der Waals surface area contributed by atoms with Crippen molar-refractivity contribution in [1.82, 2.24) is 14.5 Å². The topological polar surface area (TPSA) is 66.0 Å². The fourth-order valence-electron chi connectivity index (χ4n) is 2.65. The van der Waals surface area contributed by atoms with Gasteiger partial charge in [0, 0.05) is 18.3 Å². The molecule has 5 nitrogen and oxygen atoms in total. The van der Waals surface area contributed by atoms with E-state index in [2.05, 4.69) is 21.5 Å². The Morgan fingerprint density at radius 1 is 1.39 bits per heavy atom. The van der Waals surface area contributed by atoms with E-state index in [1.54, 1.807) is 0 Å². The molecule has 3 heterocycles. The zero-order valence-electron chi connectivity index (χ0n) is 10.8. The zero-order valence-corrected chi connectivity index (χ0v) is 10.8. The summed E-state index contributed by atoms with van der Waals surface area (Å²) in [5.41, 5.74) is 8.81. The van der Waals surface area contributed by atoms with Gasteiger partial charge in [-0.25, -0.2) is 9.97 Å². The van der Waals surface area contributed by atoms with Crippen LogP contribution in [0.5, 0.6) is 0 Å². The number of aryl methyl sites for hydroxylation is 1. The van der Waals surface area contributed by atoms with Gasteiger partial charge in [-0.1, -0.05) is 0 Å². The second kappa shape index (κ2) is 4.24. The Labute approximate surface area is 106 Å². The number of nitrogens with zero attached hydrogens (tertiary/aromatic N) is 3. The van der Waals surface area contributed by atoms with Gasteiger partial charge in [-0.3, -0.25) is 4.57 Å². The summed E-state index contributed by atoms with van der Waals surface area (Å²) in [5.74, 6) is 0.558. The normalized spacial score (nSPS) is 24.6. The molecule has 5 heteroatoms. The van der Waals surface area contributed by atoms with Crippen LogP contribution in [-0.2, 0) is 4.74 Å². The second-order valence-corrected chi connectivity index (χ2v) is 4.99. The van der Waals surface area contributed by atoms with E-state index in [0.717, 1.165) is 36.3 Å². The zero-order chi connectivity index (χ0) is 12.7. The van der Waals surface area contributed by atoms with Gasteiger partial charge in [-0.15, -0.1) is 0 Å². The summed E-state index contributed by atoms with van der Waals surface area (Å²) >= 11 is 0. The van der Waals surface area contributed by atoms with Crippen molar-refractivity contribution in [2.24, 2.45) is 0 Å². The molecule has 0 bridgehead atoms. The molecule has 18 heavy (non-hydrogen) atoms. The first-order valence-corrected chi connectivity index (χ1v) is 6.38. The van der Waals surface area contributed by atoms with Gasteiger partial charge >= 0.3 is 0 Å². The Kier molecular flexibility index (Phi) is 2.70. The Balaban J connectivity index is 2.09. The van der Waals surface area contributed by atoms with E-state index in [4.69, 9.17) is 10.5 Å². The molecule has 2 atom stereocenters. The summed E-state index contributed by atoms with van der Waals surface area (Å²) in [4.78, 5) is 8.97. The van der Waals surface area contributed by atoms with Gasteiger partial charge < -0.3 is 10.5 Å². The molecule has 0 aliphatic carbocycles. The third kappa shape index (κ3) is 1.84. The van der Waals surface area contributed by atoms with Gasteiger partial charge in [-0.05, 0) is 38.8 Å².